The molecule has 0 aliphatic carbocycles. The Labute approximate surface area is 130 Å². The van der Waals surface area contributed by atoms with E-state index < -0.39 is 0 Å². The zero-order valence-electron chi connectivity index (χ0n) is 11.8. The summed E-state index contributed by atoms with van der Waals surface area (Å²) in [5, 5.41) is 0.711. The van der Waals surface area contributed by atoms with Crippen LogP contribution in [0.2, 0.25) is 5.02 Å². The molecule has 0 saturated heterocycles. The quantitative estimate of drug-likeness (QED) is 0.720. The van der Waals surface area contributed by atoms with Crippen LogP contribution < -0.4 is 4.90 Å². The molecule has 2 rings (SSSR count). The zero-order chi connectivity index (χ0) is 15.1. The van der Waals surface area contributed by atoms with E-state index in [0.717, 1.165) is 11.3 Å². The van der Waals surface area contributed by atoms with Crippen molar-refractivity contribution in [3.63, 3.8) is 0 Å². The normalized spacial score (nSPS) is 10.1. The van der Waals surface area contributed by atoms with Crippen LogP contribution in [-0.4, -0.2) is 12.5 Å². The van der Waals surface area contributed by atoms with Crippen LogP contribution in [0.15, 0.2) is 67.3 Å². The second-order valence-corrected chi connectivity index (χ2v) is 5.19. The summed E-state index contributed by atoms with van der Waals surface area (Å²) in [5.41, 5.74) is 2.01. The van der Waals surface area contributed by atoms with Gasteiger partial charge >= 0.3 is 0 Å². The van der Waals surface area contributed by atoms with Crippen molar-refractivity contribution in [1.29, 1.82) is 0 Å². The lowest BCUT2D eigenvalue weighted by molar-refractivity contribution is -0.118. The molecule has 0 spiro atoms. The Morgan fingerprint density at radius 3 is 2.38 bits per heavy atom. The number of carbonyl (C=O) groups is 1. The molecule has 0 aliphatic heterocycles. The van der Waals surface area contributed by atoms with E-state index in [0.29, 0.717) is 24.4 Å². The van der Waals surface area contributed by atoms with Gasteiger partial charge < -0.3 is 4.90 Å². The molecule has 0 unspecified atom stereocenters. The summed E-state index contributed by atoms with van der Waals surface area (Å²) in [6.45, 7) is 4.25. The van der Waals surface area contributed by atoms with Crippen molar-refractivity contribution >= 4 is 23.2 Å². The molecule has 0 aliphatic rings. The third-order valence-electron chi connectivity index (χ3n) is 3.22. The maximum atomic E-state index is 12.4. The Hall–Kier alpha value is -2.06. The van der Waals surface area contributed by atoms with Crippen molar-refractivity contribution in [1.82, 2.24) is 0 Å². The van der Waals surface area contributed by atoms with Gasteiger partial charge in [0.25, 0.3) is 0 Å². The number of para-hydroxylation sites is 1. The first-order chi connectivity index (χ1) is 10.2. The Kier molecular flexibility index (Phi) is 5.59. The van der Waals surface area contributed by atoms with E-state index in [1.165, 1.54) is 0 Å². The Balaban J connectivity index is 2.02. The molecule has 2 aromatic carbocycles. The highest BCUT2D eigenvalue weighted by molar-refractivity contribution is 6.30. The lowest BCUT2D eigenvalue weighted by Gasteiger charge is -2.21. The summed E-state index contributed by atoms with van der Waals surface area (Å²) in [7, 11) is 0. The van der Waals surface area contributed by atoms with Gasteiger partial charge in [-0.15, -0.1) is 6.58 Å². The molecule has 21 heavy (non-hydrogen) atoms. The largest absolute Gasteiger partial charge is 0.309 e. The number of aryl methyl sites for hydroxylation is 1. The molecule has 0 aromatic heterocycles. The van der Waals surface area contributed by atoms with Crippen LogP contribution in [0.1, 0.15) is 12.0 Å². The van der Waals surface area contributed by atoms with Crippen LogP contribution in [0.3, 0.4) is 0 Å². The number of amides is 1. The van der Waals surface area contributed by atoms with Gasteiger partial charge in [-0.05, 0) is 36.2 Å². The fourth-order valence-electron chi connectivity index (χ4n) is 2.13. The molecular weight excluding hydrogens is 282 g/mol. The van der Waals surface area contributed by atoms with Crippen molar-refractivity contribution in [3.8, 4) is 0 Å². The third-order valence-corrected chi connectivity index (χ3v) is 3.47. The van der Waals surface area contributed by atoms with Gasteiger partial charge in [-0.25, -0.2) is 0 Å². The second-order valence-electron chi connectivity index (χ2n) is 4.76. The highest BCUT2D eigenvalue weighted by Crippen LogP contribution is 2.16. The molecule has 2 aromatic rings. The summed E-state index contributed by atoms with van der Waals surface area (Å²) in [4.78, 5) is 14.2. The van der Waals surface area contributed by atoms with Gasteiger partial charge in [0.2, 0.25) is 5.91 Å². The van der Waals surface area contributed by atoms with E-state index in [-0.39, 0.29) is 5.91 Å². The third kappa shape index (κ3) is 4.47. The number of nitrogens with zero attached hydrogens (tertiary/aromatic N) is 1. The minimum absolute atomic E-state index is 0.0936. The van der Waals surface area contributed by atoms with Gasteiger partial charge in [0, 0.05) is 23.7 Å². The van der Waals surface area contributed by atoms with Gasteiger partial charge in [0.1, 0.15) is 0 Å². The first kappa shape index (κ1) is 15.3. The maximum Gasteiger partial charge on any atom is 0.227 e. The molecule has 0 heterocycles. The first-order valence-electron chi connectivity index (χ1n) is 6.91. The van der Waals surface area contributed by atoms with Crippen molar-refractivity contribution in [2.75, 3.05) is 11.4 Å². The minimum atomic E-state index is 0.0936. The first-order valence-corrected chi connectivity index (χ1v) is 7.29. The summed E-state index contributed by atoms with van der Waals surface area (Å²) in [6.07, 6.45) is 2.91. The van der Waals surface area contributed by atoms with Crippen molar-refractivity contribution in [2.24, 2.45) is 0 Å². The summed E-state index contributed by atoms with van der Waals surface area (Å²) in [5.74, 6) is 0.0936. The lowest BCUT2D eigenvalue weighted by atomic mass is 10.1. The van der Waals surface area contributed by atoms with Gasteiger partial charge in [0.05, 0.1) is 0 Å². The topological polar surface area (TPSA) is 20.3 Å². The number of anilines is 1. The molecule has 0 atom stereocenters. The monoisotopic (exact) mass is 299 g/mol. The standard InChI is InChI=1S/C18H18ClNO/c1-2-14-20(17-6-4-3-5-7-17)18(21)13-10-15-8-11-16(19)12-9-15/h2-9,11-12H,1,10,13-14H2. The van der Waals surface area contributed by atoms with E-state index in [4.69, 9.17) is 11.6 Å². The second kappa shape index (κ2) is 7.65. The number of hydrogen-bond acceptors (Lipinski definition) is 1. The van der Waals surface area contributed by atoms with Gasteiger partial charge in [-0.2, -0.15) is 0 Å². The van der Waals surface area contributed by atoms with Crippen molar-refractivity contribution in [3.05, 3.63) is 77.8 Å². The van der Waals surface area contributed by atoms with Gasteiger partial charge in [-0.1, -0.05) is 48.0 Å². The van der Waals surface area contributed by atoms with Crippen LogP contribution in [0.25, 0.3) is 0 Å². The Bertz CT molecular complexity index is 592. The van der Waals surface area contributed by atoms with Crippen molar-refractivity contribution < 1.29 is 4.79 Å². The number of rotatable bonds is 6. The van der Waals surface area contributed by atoms with Crippen LogP contribution in [0.4, 0.5) is 5.69 Å². The smallest absolute Gasteiger partial charge is 0.227 e. The molecule has 0 bridgehead atoms. The molecule has 0 fully saturated rings. The van der Waals surface area contributed by atoms with Crippen LogP contribution >= 0.6 is 11.6 Å². The predicted octanol–water partition coefficient (Wildman–Crippen LogP) is 4.49. The van der Waals surface area contributed by atoms with Gasteiger partial charge in [-0.3, -0.25) is 4.79 Å². The average molecular weight is 300 g/mol. The van der Waals surface area contributed by atoms with E-state index in [2.05, 4.69) is 6.58 Å². The molecule has 0 N–H and O–H groups in total. The number of halogens is 1. The molecule has 108 valence electrons. The molecule has 0 radical (unpaired) electrons. The van der Waals surface area contributed by atoms with E-state index >= 15 is 0 Å². The highest BCUT2D eigenvalue weighted by atomic mass is 35.5. The molecule has 2 nitrogen and oxygen atoms in total. The SMILES string of the molecule is C=CCN(C(=O)CCc1ccc(Cl)cc1)c1ccccc1. The number of benzene rings is 2. The summed E-state index contributed by atoms with van der Waals surface area (Å²) < 4.78 is 0. The predicted molar refractivity (Wildman–Crippen MR) is 88.8 cm³/mol. The fourth-order valence-corrected chi connectivity index (χ4v) is 2.25. The van der Waals surface area contributed by atoms with Crippen molar-refractivity contribution in [2.45, 2.75) is 12.8 Å². The number of carbonyl (C=O) groups excluding carboxylic acids is 1. The molecule has 1 amide bonds. The van der Waals surface area contributed by atoms with E-state index in [1.54, 1.807) is 11.0 Å². The lowest BCUT2D eigenvalue weighted by Crippen LogP contribution is -2.31. The zero-order valence-corrected chi connectivity index (χ0v) is 12.6. The molecular formula is C18H18ClNO. The maximum absolute atomic E-state index is 12.4. The van der Waals surface area contributed by atoms with Crippen LogP contribution in [0.5, 0.6) is 0 Å². The Morgan fingerprint density at radius 2 is 1.76 bits per heavy atom. The number of hydrogen-bond donors (Lipinski definition) is 0. The van der Waals surface area contributed by atoms with Crippen LogP contribution in [0, 0.1) is 0 Å². The molecule has 3 heteroatoms. The minimum Gasteiger partial charge on any atom is -0.309 e. The van der Waals surface area contributed by atoms with E-state index in [1.807, 2.05) is 54.6 Å². The van der Waals surface area contributed by atoms with Crippen LogP contribution in [-0.2, 0) is 11.2 Å². The summed E-state index contributed by atoms with van der Waals surface area (Å²) >= 11 is 5.86. The average Bonchev–Trinajstić information content (AvgIpc) is 2.52. The highest BCUT2D eigenvalue weighted by Gasteiger charge is 2.13. The summed E-state index contributed by atoms with van der Waals surface area (Å²) in [6, 6.07) is 17.3. The van der Waals surface area contributed by atoms with Gasteiger partial charge in [0.15, 0.2) is 0 Å². The molecule has 0 saturated carbocycles. The Morgan fingerprint density at radius 1 is 1.10 bits per heavy atom. The van der Waals surface area contributed by atoms with E-state index in [9.17, 15) is 4.79 Å². The fraction of sp³-hybridized carbons (Fsp3) is 0.167.